The molecule has 11 aromatic rings. The van der Waals surface area contributed by atoms with Crippen molar-refractivity contribution in [2.45, 2.75) is 19.3 Å². The second-order valence-electron chi connectivity index (χ2n) is 15.6. The molecule has 2 heterocycles. The van der Waals surface area contributed by atoms with E-state index in [1.165, 1.54) is 71.0 Å². The van der Waals surface area contributed by atoms with E-state index in [0.717, 1.165) is 39.3 Å². The van der Waals surface area contributed by atoms with E-state index >= 15 is 0 Å². The lowest BCUT2D eigenvalue weighted by Gasteiger charge is -2.32. The van der Waals surface area contributed by atoms with Crippen molar-refractivity contribution in [2.24, 2.45) is 0 Å². The molecular weight excluding hydrogens is 681 g/mol. The highest BCUT2D eigenvalue weighted by molar-refractivity contribution is 6.32. The zero-order valence-corrected chi connectivity index (χ0v) is 31.1. The number of hydrogen-bond donors (Lipinski definition) is 0. The number of fused-ring (bicyclic) bond motifs is 15. The first-order valence-electron chi connectivity index (χ1n) is 19.4. The molecule has 3 nitrogen and oxygen atoms in total. The Morgan fingerprint density at radius 3 is 1.89 bits per heavy atom. The van der Waals surface area contributed by atoms with E-state index in [4.69, 9.17) is 4.42 Å². The van der Waals surface area contributed by atoms with Crippen LogP contribution in [0.4, 0.5) is 17.1 Å². The van der Waals surface area contributed by atoms with Crippen LogP contribution in [0.25, 0.3) is 82.1 Å². The molecule has 0 bridgehead atoms. The van der Waals surface area contributed by atoms with Gasteiger partial charge in [-0.25, -0.2) is 0 Å². The van der Waals surface area contributed by atoms with Gasteiger partial charge in [0.25, 0.3) is 0 Å². The highest BCUT2D eigenvalue weighted by Crippen LogP contribution is 2.58. The van der Waals surface area contributed by atoms with Gasteiger partial charge in [-0.15, -0.1) is 0 Å². The SMILES string of the molecule is CC1(C)c2ccccc2-c2c1c(N(c1ccccc1)c1ccc3c(c1)c1c4ccccc4c4ccccc4c1n3-c1ccccc1)cc1oc3ccccc3c21. The lowest BCUT2D eigenvalue weighted by molar-refractivity contribution is 0.657. The molecule has 0 saturated carbocycles. The van der Waals surface area contributed by atoms with E-state index in [2.05, 4.69) is 205 Å². The van der Waals surface area contributed by atoms with Crippen molar-refractivity contribution in [1.29, 1.82) is 0 Å². The predicted octanol–water partition coefficient (Wildman–Crippen LogP) is 14.8. The highest BCUT2D eigenvalue weighted by atomic mass is 16.3. The van der Waals surface area contributed by atoms with Crippen molar-refractivity contribution in [2.75, 3.05) is 4.90 Å². The second kappa shape index (κ2) is 11.5. The third-order valence-electron chi connectivity index (χ3n) is 12.3. The highest BCUT2D eigenvalue weighted by Gasteiger charge is 2.41. The third kappa shape index (κ3) is 4.17. The molecule has 0 unspecified atom stereocenters. The van der Waals surface area contributed by atoms with E-state index < -0.39 is 0 Å². The first-order chi connectivity index (χ1) is 27.6. The summed E-state index contributed by atoms with van der Waals surface area (Å²) in [5.74, 6) is 0. The molecule has 0 radical (unpaired) electrons. The molecule has 0 amide bonds. The average molecular weight is 717 g/mol. The van der Waals surface area contributed by atoms with Crippen molar-refractivity contribution in [3.05, 3.63) is 193 Å². The third-order valence-corrected chi connectivity index (χ3v) is 12.3. The molecular formula is C53H36N2O. The Morgan fingerprint density at radius 2 is 1.11 bits per heavy atom. The fourth-order valence-electron chi connectivity index (χ4n) is 9.99. The minimum atomic E-state index is -0.274. The topological polar surface area (TPSA) is 21.3 Å². The van der Waals surface area contributed by atoms with Crippen LogP contribution in [-0.2, 0) is 5.41 Å². The van der Waals surface area contributed by atoms with Gasteiger partial charge in [0.2, 0.25) is 0 Å². The van der Waals surface area contributed by atoms with Crippen molar-refractivity contribution >= 4 is 82.4 Å². The van der Waals surface area contributed by atoms with E-state index in [1.807, 2.05) is 0 Å². The molecule has 0 aliphatic heterocycles. The summed E-state index contributed by atoms with van der Waals surface area (Å²) in [5, 5.41) is 9.84. The number of para-hydroxylation sites is 3. The Labute approximate surface area is 324 Å². The van der Waals surface area contributed by atoms with Gasteiger partial charge in [-0.05, 0) is 86.9 Å². The van der Waals surface area contributed by atoms with Crippen LogP contribution < -0.4 is 4.90 Å². The Bertz CT molecular complexity index is 3390. The Morgan fingerprint density at radius 1 is 0.482 bits per heavy atom. The minimum Gasteiger partial charge on any atom is -0.456 e. The lowest BCUT2D eigenvalue weighted by Crippen LogP contribution is -2.20. The van der Waals surface area contributed by atoms with Gasteiger partial charge in [-0.3, -0.25) is 0 Å². The van der Waals surface area contributed by atoms with E-state index in [1.54, 1.807) is 0 Å². The van der Waals surface area contributed by atoms with Crippen LogP contribution in [0.1, 0.15) is 25.0 Å². The van der Waals surface area contributed by atoms with Gasteiger partial charge in [0, 0.05) is 55.5 Å². The first-order valence-corrected chi connectivity index (χ1v) is 19.4. The monoisotopic (exact) mass is 716 g/mol. The van der Waals surface area contributed by atoms with Crippen molar-refractivity contribution in [3.63, 3.8) is 0 Å². The maximum Gasteiger partial charge on any atom is 0.138 e. The molecule has 0 spiro atoms. The van der Waals surface area contributed by atoms with Crippen LogP contribution >= 0.6 is 0 Å². The summed E-state index contributed by atoms with van der Waals surface area (Å²) in [6.07, 6.45) is 0. The van der Waals surface area contributed by atoms with Crippen LogP contribution in [-0.4, -0.2) is 4.57 Å². The number of hydrogen-bond acceptors (Lipinski definition) is 2. The van der Waals surface area contributed by atoms with Gasteiger partial charge in [0.15, 0.2) is 0 Å². The number of aromatic nitrogens is 1. The standard InChI is InChI=1S/C53H36N2O/c1-53(2)43-27-15-13-25-40(43)50-49-41-26-14-16-28-46(41)56-47(49)32-45(51(50)53)54(33-17-5-3-6-18-33)35-29-30-44-42(31-35)48-38-23-11-9-21-36(38)37-22-10-12-24-39(37)52(48)55(44)34-19-7-4-8-20-34/h3-32H,1-2H3. The Kier molecular flexibility index (Phi) is 6.40. The average Bonchev–Trinajstić information content (AvgIpc) is 3.87. The van der Waals surface area contributed by atoms with Crippen LogP contribution in [0.2, 0.25) is 0 Å². The van der Waals surface area contributed by atoms with Crippen molar-refractivity contribution in [1.82, 2.24) is 4.57 Å². The number of anilines is 3. The molecule has 0 fully saturated rings. The Hall–Kier alpha value is -7.10. The molecule has 2 aromatic heterocycles. The number of benzene rings is 9. The normalized spacial score (nSPS) is 13.3. The zero-order chi connectivity index (χ0) is 37.1. The fourth-order valence-corrected chi connectivity index (χ4v) is 9.99. The second-order valence-corrected chi connectivity index (χ2v) is 15.6. The largest absolute Gasteiger partial charge is 0.456 e. The van der Waals surface area contributed by atoms with Gasteiger partial charge in [-0.2, -0.15) is 0 Å². The molecule has 0 saturated heterocycles. The van der Waals surface area contributed by atoms with E-state index in [0.29, 0.717) is 0 Å². The molecule has 264 valence electrons. The van der Waals surface area contributed by atoms with Crippen LogP contribution in [0.15, 0.2) is 186 Å². The molecule has 0 atom stereocenters. The van der Waals surface area contributed by atoms with Crippen LogP contribution in [0, 0.1) is 0 Å². The van der Waals surface area contributed by atoms with E-state index in [9.17, 15) is 0 Å². The summed E-state index contributed by atoms with van der Waals surface area (Å²) in [6, 6.07) is 66.2. The summed E-state index contributed by atoms with van der Waals surface area (Å²) >= 11 is 0. The summed E-state index contributed by atoms with van der Waals surface area (Å²) in [4.78, 5) is 2.47. The Balaban J connectivity index is 1.23. The first kappa shape index (κ1) is 31.3. The van der Waals surface area contributed by atoms with Gasteiger partial charge in [-0.1, -0.05) is 141 Å². The predicted molar refractivity (Wildman–Crippen MR) is 235 cm³/mol. The number of nitrogens with zero attached hydrogens (tertiary/aromatic N) is 2. The maximum atomic E-state index is 6.76. The van der Waals surface area contributed by atoms with Crippen LogP contribution in [0.5, 0.6) is 0 Å². The molecule has 9 aromatic carbocycles. The quantitative estimate of drug-likeness (QED) is 0.169. The molecule has 56 heavy (non-hydrogen) atoms. The molecule has 0 N–H and O–H groups in total. The minimum absolute atomic E-state index is 0.274. The van der Waals surface area contributed by atoms with Gasteiger partial charge in [0.1, 0.15) is 11.2 Å². The molecule has 12 rings (SSSR count). The van der Waals surface area contributed by atoms with Crippen LogP contribution in [0.3, 0.4) is 0 Å². The van der Waals surface area contributed by atoms with Gasteiger partial charge in [0.05, 0.1) is 16.7 Å². The molecule has 3 heteroatoms. The zero-order valence-electron chi connectivity index (χ0n) is 31.1. The van der Waals surface area contributed by atoms with Crippen molar-refractivity contribution < 1.29 is 4.42 Å². The summed E-state index contributed by atoms with van der Waals surface area (Å²) < 4.78 is 9.23. The lowest BCUT2D eigenvalue weighted by atomic mass is 9.80. The molecule has 1 aliphatic carbocycles. The van der Waals surface area contributed by atoms with Crippen molar-refractivity contribution in [3.8, 4) is 16.8 Å². The summed E-state index contributed by atoms with van der Waals surface area (Å²) in [6.45, 7) is 4.76. The summed E-state index contributed by atoms with van der Waals surface area (Å²) in [7, 11) is 0. The smallest absolute Gasteiger partial charge is 0.138 e. The number of rotatable bonds is 4. The van der Waals surface area contributed by atoms with Gasteiger partial charge >= 0.3 is 0 Å². The summed E-state index contributed by atoms with van der Waals surface area (Å²) in [5.41, 5.74) is 13.6. The van der Waals surface area contributed by atoms with E-state index in [-0.39, 0.29) is 5.41 Å². The fraction of sp³-hybridized carbons (Fsp3) is 0.0566. The number of furan rings is 1. The van der Waals surface area contributed by atoms with Gasteiger partial charge < -0.3 is 13.9 Å². The molecule has 1 aliphatic rings. The maximum absolute atomic E-state index is 6.76.